The molecule has 0 aliphatic heterocycles. The van der Waals surface area contributed by atoms with Crippen molar-refractivity contribution in [1.82, 2.24) is 4.98 Å². The lowest BCUT2D eigenvalue weighted by Crippen LogP contribution is -2.08. The zero-order valence-corrected chi connectivity index (χ0v) is 12.7. The SMILES string of the molecule is CN(C)c1ccc(/C=N/Nc2cccc3ncccc23)cc1. The van der Waals surface area contributed by atoms with Crippen LogP contribution in [0.25, 0.3) is 10.9 Å². The van der Waals surface area contributed by atoms with E-state index in [2.05, 4.69) is 32.5 Å². The predicted molar refractivity (Wildman–Crippen MR) is 93.7 cm³/mol. The maximum absolute atomic E-state index is 4.34. The minimum atomic E-state index is 0.951. The number of pyridine rings is 1. The van der Waals surface area contributed by atoms with Crippen LogP contribution in [-0.2, 0) is 0 Å². The van der Waals surface area contributed by atoms with Gasteiger partial charge >= 0.3 is 0 Å². The van der Waals surface area contributed by atoms with Crippen LogP contribution in [0.2, 0.25) is 0 Å². The fraction of sp³-hybridized carbons (Fsp3) is 0.111. The van der Waals surface area contributed by atoms with Crippen LogP contribution in [0.4, 0.5) is 11.4 Å². The number of nitrogens with one attached hydrogen (secondary N) is 1. The number of benzene rings is 2. The molecule has 0 spiro atoms. The summed E-state index contributed by atoms with van der Waals surface area (Å²) >= 11 is 0. The molecule has 0 aliphatic rings. The molecule has 0 aliphatic carbocycles. The molecule has 0 amide bonds. The second kappa shape index (κ2) is 6.26. The van der Waals surface area contributed by atoms with E-state index in [0.717, 1.165) is 22.2 Å². The quantitative estimate of drug-likeness (QED) is 0.587. The molecule has 1 heterocycles. The van der Waals surface area contributed by atoms with Crippen molar-refractivity contribution in [3.05, 3.63) is 66.4 Å². The second-order valence-corrected chi connectivity index (χ2v) is 5.23. The Bertz CT molecular complexity index is 786. The van der Waals surface area contributed by atoms with E-state index >= 15 is 0 Å². The number of aromatic nitrogens is 1. The fourth-order valence-corrected chi connectivity index (χ4v) is 2.24. The van der Waals surface area contributed by atoms with Gasteiger partial charge in [0.25, 0.3) is 0 Å². The number of rotatable bonds is 4. The Morgan fingerprint density at radius 3 is 2.59 bits per heavy atom. The fourth-order valence-electron chi connectivity index (χ4n) is 2.24. The molecule has 3 rings (SSSR count). The third-order valence-corrected chi connectivity index (χ3v) is 3.45. The Morgan fingerprint density at radius 1 is 1.00 bits per heavy atom. The van der Waals surface area contributed by atoms with Gasteiger partial charge in [0.05, 0.1) is 17.4 Å². The molecule has 22 heavy (non-hydrogen) atoms. The molecule has 0 unspecified atom stereocenters. The molecule has 1 N–H and O–H groups in total. The standard InChI is InChI=1S/C18H18N4/c1-22(2)15-10-8-14(9-11-15)13-20-21-18-7-3-6-17-16(18)5-4-12-19-17/h3-13,21H,1-2H3/b20-13+. The summed E-state index contributed by atoms with van der Waals surface area (Å²) in [5, 5.41) is 5.38. The van der Waals surface area contributed by atoms with E-state index in [-0.39, 0.29) is 0 Å². The van der Waals surface area contributed by atoms with Crippen LogP contribution < -0.4 is 10.3 Å². The summed E-state index contributed by atoms with van der Waals surface area (Å²) in [4.78, 5) is 6.41. The minimum Gasteiger partial charge on any atom is -0.378 e. The van der Waals surface area contributed by atoms with Crippen molar-refractivity contribution >= 4 is 28.5 Å². The Kier molecular flexibility index (Phi) is 4.01. The molecule has 2 aromatic carbocycles. The third-order valence-electron chi connectivity index (χ3n) is 3.45. The van der Waals surface area contributed by atoms with Gasteiger partial charge < -0.3 is 4.90 Å². The van der Waals surface area contributed by atoms with E-state index in [0.29, 0.717) is 0 Å². The highest BCUT2D eigenvalue weighted by Crippen LogP contribution is 2.21. The molecule has 4 heteroatoms. The van der Waals surface area contributed by atoms with Gasteiger partial charge in [-0.25, -0.2) is 0 Å². The topological polar surface area (TPSA) is 40.5 Å². The van der Waals surface area contributed by atoms with E-state index in [1.54, 1.807) is 6.20 Å². The van der Waals surface area contributed by atoms with Crippen molar-refractivity contribution in [2.75, 3.05) is 24.4 Å². The average molecular weight is 290 g/mol. The maximum Gasteiger partial charge on any atom is 0.0723 e. The van der Waals surface area contributed by atoms with E-state index in [9.17, 15) is 0 Å². The third kappa shape index (κ3) is 3.06. The van der Waals surface area contributed by atoms with Crippen LogP contribution in [0.1, 0.15) is 5.56 Å². The molecular formula is C18H18N4. The number of hydrogen-bond acceptors (Lipinski definition) is 4. The molecule has 110 valence electrons. The van der Waals surface area contributed by atoms with Crippen molar-refractivity contribution in [3.8, 4) is 0 Å². The molecule has 0 fully saturated rings. The van der Waals surface area contributed by atoms with E-state index < -0.39 is 0 Å². The van der Waals surface area contributed by atoms with Crippen LogP contribution in [0, 0.1) is 0 Å². The first-order chi connectivity index (χ1) is 10.7. The van der Waals surface area contributed by atoms with Gasteiger partial charge in [0.15, 0.2) is 0 Å². The zero-order chi connectivity index (χ0) is 15.4. The van der Waals surface area contributed by atoms with Crippen LogP contribution in [0.15, 0.2) is 65.9 Å². The average Bonchev–Trinajstić information content (AvgIpc) is 2.55. The minimum absolute atomic E-state index is 0.951. The normalized spacial score (nSPS) is 11.0. The van der Waals surface area contributed by atoms with Crippen LogP contribution in [0.3, 0.4) is 0 Å². The zero-order valence-electron chi connectivity index (χ0n) is 12.7. The summed E-state index contributed by atoms with van der Waals surface area (Å²) in [5.41, 5.74) is 7.22. The van der Waals surface area contributed by atoms with Crippen molar-refractivity contribution in [3.63, 3.8) is 0 Å². The maximum atomic E-state index is 4.34. The number of hydrazone groups is 1. The molecule has 4 nitrogen and oxygen atoms in total. The van der Waals surface area contributed by atoms with Gasteiger partial charge in [0.1, 0.15) is 0 Å². The molecule has 1 aromatic heterocycles. The van der Waals surface area contributed by atoms with Crippen molar-refractivity contribution in [2.45, 2.75) is 0 Å². The molecule has 0 saturated heterocycles. The lowest BCUT2D eigenvalue weighted by atomic mass is 10.2. The second-order valence-electron chi connectivity index (χ2n) is 5.23. The smallest absolute Gasteiger partial charge is 0.0723 e. The van der Waals surface area contributed by atoms with Gasteiger partial charge in [-0.1, -0.05) is 18.2 Å². The number of anilines is 2. The summed E-state index contributed by atoms with van der Waals surface area (Å²) in [6.07, 6.45) is 3.61. The highest BCUT2D eigenvalue weighted by Gasteiger charge is 1.99. The van der Waals surface area contributed by atoms with Crippen LogP contribution in [0.5, 0.6) is 0 Å². The molecule has 3 aromatic rings. The predicted octanol–water partition coefficient (Wildman–Crippen LogP) is 3.75. The molecule has 0 atom stereocenters. The Hall–Kier alpha value is -2.88. The van der Waals surface area contributed by atoms with E-state index in [4.69, 9.17) is 0 Å². The lowest BCUT2D eigenvalue weighted by molar-refractivity contribution is 1.13. The summed E-state index contributed by atoms with van der Waals surface area (Å²) in [6, 6.07) is 18.2. The van der Waals surface area contributed by atoms with Crippen molar-refractivity contribution < 1.29 is 0 Å². The monoisotopic (exact) mass is 290 g/mol. The van der Waals surface area contributed by atoms with Gasteiger partial charge in [-0.2, -0.15) is 5.10 Å². The summed E-state index contributed by atoms with van der Waals surface area (Å²) < 4.78 is 0. The summed E-state index contributed by atoms with van der Waals surface area (Å²) in [6.45, 7) is 0. The van der Waals surface area contributed by atoms with Crippen LogP contribution in [-0.4, -0.2) is 25.3 Å². The summed E-state index contributed by atoms with van der Waals surface area (Å²) in [5.74, 6) is 0. The van der Waals surface area contributed by atoms with Gasteiger partial charge in [-0.3, -0.25) is 10.4 Å². The molecule has 0 radical (unpaired) electrons. The Morgan fingerprint density at radius 2 is 1.82 bits per heavy atom. The van der Waals surface area contributed by atoms with E-state index in [1.165, 1.54) is 5.69 Å². The van der Waals surface area contributed by atoms with Crippen molar-refractivity contribution in [1.29, 1.82) is 0 Å². The first kappa shape index (κ1) is 14.1. The summed E-state index contributed by atoms with van der Waals surface area (Å²) in [7, 11) is 4.05. The van der Waals surface area contributed by atoms with Crippen molar-refractivity contribution in [2.24, 2.45) is 5.10 Å². The largest absolute Gasteiger partial charge is 0.378 e. The van der Waals surface area contributed by atoms with Gasteiger partial charge in [0.2, 0.25) is 0 Å². The highest BCUT2D eigenvalue weighted by atomic mass is 15.3. The molecule has 0 saturated carbocycles. The molecular weight excluding hydrogens is 272 g/mol. The Labute approximate surface area is 130 Å². The highest BCUT2D eigenvalue weighted by molar-refractivity contribution is 5.91. The van der Waals surface area contributed by atoms with Gasteiger partial charge in [0, 0.05) is 31.4 Å². The number of nitrogens with zero attached hydrogens (tertiary/aromatic N) is 3. The number of fused-ring (bicyclic) bond motifs is 1. The Balaban J connectivity index is 1.76. The van der Waals surface area contributed by atoms with Gasteiger partial charge in [-0.05, 0) is 42.0 Å². The first-order valence-corrected chi connectivity index (χ1v) is 7.14. The number of hydrogen-bond donors (Lipinski definition) is 1. The molecule has 0 bridgehead atoms. The van der Waals surface area contributed by atoms with Crippen LogP contribution >= 0.6 is 0 Å². The lowest BCUT2D eigenvalue weighted by Gasteiger charge is -2.11. The van der Waals surface area contributed by atoms with Gasteiger partial charge in [-0.15, -0.1) is 0 Å². The first-order valence-electron chi connectivity index (χ1n) is 7.14. The van der Waals surface area contributed by atoms with E-state index in [1.807, 2.05) is 62.8 Å².